The summed E-state index contributed by atoms with van der Waals surface area (Å²) in [5, 5.41) is 3.65. The number of hydrogen-bond acceptors (Lipinski definition) is 2. The number of rotatable bonds is 4. The summed E-state index contributed by atoms with van der Waals surface area (Å²) in [5.74, 6) is 0. The van der Waals surface area contributed by atoms with Crippen LogP contribution in [0, 0.1) is 0 Å². The van der Waals surface area contributed by atoms with Crippen molar-refractivity contribution in [1.29, 1.82) is 0 Å². The first kappa shape index (κ1) is 13.2. The highest BCUT2D eigenvalue weighted by Crippen LogP contribution is 2.40. The van der Waals surface area contributed by atoms with Crippen molar-refractivity contribution >= 4 is 22.9 Å². The van der Waals surface area contributed by atoms with Crippen molar-refractivity contribution in [2.45, 2.75) is 32.2 Å². The van der Waals surface area contributed by atoms with Crippen molar-refractivity contribution in [2.24, 2.45) is 0 Å². The van der Waals surface area contributed by atoms with Gasteiger partial charge in [-0.25, -0.2) is 0 Å². The number of hydrogen-bond donors (Lipinski definition) is 1. The summed E-state index contributed by atoms with van der Waals surface area (Å²) in [6.07, 6.45) is 3.57. The molecular formula is C16H18ClNS. The lowest BCUT2D eigenvalue weighted by atomic mass is 10.0. The molecule has 1 aliphatic rings. The lowest BCUT2D eigenvalue weighted by Crippen LogP contribution is -2.19. The predicted molar refractivity (Wildman–Crippen MR) is 84.1 cm³/mol. The van der Waals surface area contributed by atoms with Crippen LogP contribution in [-0.4, -0.2) is 6.54 Å². The third-order valence-electron chi connectivity index (χ3n) is 3.75. The number of nitrogens with one attached hydrogen (secondary N) is 1. The van der Waals surface area contributed by atoms with Gasteiger partial charge in [-0.2, -0.15) is 0 Å². The van der Waals surface area contributed by atoms with E-state index in [0.29, 0.717) is 6.04 Å². The highest BCUT2D eigenvalue weighted by molar-refractivity contribution is 7.19. The molecule has 0 saturated heterocycles. The van der Waals surface area contributed by atoms with Crippen LogP contribution < -0.4 is 5.32 Å². The normalized spacial score (nSPS) is 17.7. The fourth-order valence-electron chi connectivity index (χ4n) is 2.87. The summed E-state index contributed by atoms with van der Waals surface area (Å²) in [6.45, 7) is 3.31. The Morgan fingerprint density at radius 3 is 2.95 bits per heavy atom. The topological polar surface area (TPSA) is 12.0 Å². The number of benzene rings is 1. The molecule has 0 spiro atoms. The van der Waals surface area contributed by atoms with Gasteiger partial charge < -0.3 is 5.32 Å². The van der Waals surface area contributed by atoms with Gasteiger partial charge in [-0.3, -0.25) is 0 Å². The fourth-order valence-corrected chi connectivity index (χ4v) is 3.97. The average Bonchev–Trinajstić information content (AvgIpc) is 3.02. The van der Waals surface area contributed by atoms with Crippen LogP contribution >= 0.6 is 22.9 Å². The monoisotopic (exact) mass is 291 g/mol. The molecule has 3 rings (SSSR count). The molecule has 1 N–H and O–H groups in total. The van der Waals surface area contributed by atoms with E-state index in [-0.39, 0.29) is 0 Å². The quantitative estimate of drug-likeness (QED) is 0.830. The lowest BCUT2D eigenvalue weighted by molar-refractivity contribution is 0.529. The first-order valence-corrected chi connectivity index (χ1v) is 8.10. The van der Waals surface area contributed by atoms with Crippen molar-refractivity contribution < 1.29 is 0 Å². The largest absolute Gasteiger partial charge is 0.310 e. The molecule has 1 heterocycles. The molecular weight excluding hydrogens is 274 g/mol. The minimum absolute atomic E-state index is 0.533. The van der Waals surface area contributed by atoms with Crippen LogP contribution in [0.4, 0.5) is 0 Å². The SMILES string of the molecule is CCCNC1CCc2c(-c3ccc(Cl)s3)cccc21. The second-order valence-corrected chi connectivity index (χ2v) is 6.74. The van der Waals surface area contributed by atoms with E-state index in [4.69, 9.17) is 11.6 Å². The van der Waals surface area contributed by atoms with Gasteiger partial charge in [-0.15, -0.1) is 11.3 Å². The van der Waals surface area contributed by atoms with E-state index >= 15 is 0 Å². The minimum atomic E-state index is 0.533. The summed E-state index contributed by atoms with van der Waals surface area (Å²) in [6, 6.07) is 11.3. The van der Waals surface area contributed by atoms with Crippen molar-refractivity contribution in [3.05, 3.63) is 45.8 Å². The average molecular weight is 292 g/mol. The predicted octanol–water partition coefficient (Wildman–Crippen LogP) is 5.06. The molecule has 1 aromatic heterocycles. The Hall–Kier alpha value is -0.830. The first-order valence-electron chi connectivity index (χ1n) is 6.90. The van der Waals surface area contributed by atoms with Gasteiger partial charge >= 0.3 is 0 Å². The number of thiophene rings is 1. The number of halogens is 1. The van der Waals surface area contributed by atoms with E-state index in [1.807, 2.05) is 6.07 Å². The van der Waals surface area contributed by atoms with Gasteiger partial charge in [0.2, 0.25) is 0 Å². The maximum atomic E-state index is 6.06. The van der Waals surface area contributed by atoms with Crippen LogP contribution in [0.1, 0.15) is 36.9 Å². The van der Waals surface area contributed by atoms with Gasteiger partial charge in [-0.1, -0.05) is 36.7 Å². The Balaban J connectivity index is 1.95. The van der Waals surface area contributed by atoms with E-state index < -0.39 is 0 Å². The van der Waals surface area contributed by atoms with Crippen LogP contribution in [0.2, 0.25) is 4.34 Å². The van der Waals surface area contributed by atoms with E-state index in [1.54, 1.807) is 11.3 Å². The molecule has 1 nitrogen and oxygen atoms in total. The molecule has 0 aliphatic heterocycles. The molecule has 1 atom stereocenters. The first-order chi connectivity index (χ1) is 9.29. The summed E-state index contributed by atoms with van der Waals surface area (Å²) in [5.41, 5.74) is 4.36. The molecule has 2 aromatic rings. The van der Waals surface area contributed by atoms with Gasteiger partial charge in [-0.05, 0) is 54.6 Å². The van der Waals surface area contributed by atoms with Crippen LogP contribution in [0.3, 0.4) is 0 Å². The Bertz CT molecular complexity index is 576. The highest BCUT2D eigenvalue weighted by Gasteiger charge is 2.24. The van der Waals surface area contributed by atoms with Crippen LogP contribution in [0.5, 0.6) is 0 Å². The summed E-state index contributed by atoms with van der Waals surface area (Å²) in [4.78, 5) is 1.29. The maximum absolute atomic E-state index is 6.06. The second-order valence-electron chi connectivity index (χ2n) is 5.02. The Morgan fingerprint density at radius 2 is 2.21 bits per heavy atom. The molecule has 1 unspecified atom stereocenters. The van der Waals surface area contributed by atoms with Crippen LogP contribution in [0.25, 0.3) is 10.4 Å². The third kappa shape index (κ3) is 2.58. The Morgan fingerprint density at radius 1 is 1.32 bits per heavy atom. The zero-order valence-electron chi connectivity index (χ0n) is 11.1. The van der Waals surface area contributed by atoms with Gasteiger partial charge in [0.15, 0.2) is 0 Å². The third-order valence-corrected chi connectivity index (χ3v) is 5.01. The Kier molecular flexibility index (Phi) is 3.92. The molecule has 100 valence electrons. The zero-order chi connectivity index (χ0) is 13.2. The number of fused-ring (bicyclic) bond motifs is 1. The van der Waals surface area contributed by atoms with Gasteiger partial charge in [0.05, 0.1) is 4.34 Å². The minimum Gasteiger partial charge on any atom is -0.310 e. The summed E-state index contributed by atoms with van der Waals surface area (Å²) >= 11 is 7.74. The summed E-state index contributed by atoms with van der Waals surface area (Å²) in [7, 11) is 0. The van der Waals surface area contributed by atoms with Crippen molar-refractivity contribution in [1.82, 2.24) is 5.32 Å². The van der Waals surface area contributed by atoms with Crippen molar-refractivity contribution in [2.75, 3.05) is 6.54 Å². The van der Waals surface area contributed by atoms with Crippen molar-refractivity contribution in [3.63, 3.8) is 0 Å². The smallest absolute Gasteiger partial charge is 0.0934 e. The molecule has 1 aromatic carbocycles. The zero-order valence-corrected chi connectivity index (χ0v) is 12.7. The maximum Gasteiger partial charge on any atom is 0.0934 e. The van der Waals surface area contributed by atoms with Crippen LogP contribution in [0.15, 0.2) is 30.3 Å². The molecule has 0 amide bonds. The van der Waals surface area contributed by atoms with E-state index in [2.05, 4.69) is 36.5 Å². The molecule has 3 heteroatoms. The van der Waals surface area contributed by atoms with Crippen molar-refractivity contribution in [3.8, 4) is 10.4 Å². The molecule has 1 aliphatic carbocycles. The van der Waals surface area contributed by atoms with E-state index in [1.165, 1.54) is 40.8 Å². The summed E-state index contributed by atoms with van der Waals surface area (Å²) < 4.78 is 0.867. The van der Waals surface area contributed by atoms with Gasteiger partial charge in [0.1, 0.15) is 0 Å². The van der Waals surface area contributed by atoms with E-state index in [0.717, 1.165) is 10.9 Å². The molecule has 0 bridgehead atoms. The second kappa shape index (κ2) is 5.66. The molecule has 0 radical (unpaired) electrons. The lowest BCUT2D eigenvalue weighted by Gasteiger charge is -2.14. The van der Waals surface area contributed by atoms with Gasteiger partial charge in [0, 0.05) is 10.9 Å². The van der Waals surface area contributed by atoms with Gasteiger partial charge in [0.25, 0.3) is 0 Å². The standard InChI is InChI=1S/C16H18ClNS/c1-2-10-18-14-7-6-11-12(14)4-3-5-13(11)15-8-9-16(17)19-15/h3-5,8-9,14,18H,2,6-7,10H2,1H3. The van der Waals surface area contributed by atoms with Crippen LogP contribution in [-0.2, 0) is 6.42 Å². The molecule has 19 heavy (non-hydrogen) atoms. The fraction of sp³-hybridized carbons (Fsp3) is 0.375. The molecule has 0 fully saturated rings. The van der Waals surface area contributed by atoms with E-state index in [9.17, 15) is 0 Å². The Labute approximate surface area is 123 Å². The highest BCUT2D eigenvalue weighted by atomic mass is 35.5. The molecule has 0 saturated carbocycles.